The van der Waals surface area contributed by atoms with Crippen molar-refractivity contribution in [1.29, 1.82) is 0 Å². The number of anilines is 1. The molecule has 0 bridgehead atoms. The lowest BCUT2D eigenvalue weighted by atomic mass is 10.1. The van der Waals surface area contributed by atoms with Crippen molar-refractivity contribution in [1.82, 2.24) is 0 Å². The molecule has 0 unspecified atom stereocenters. The van der Waals surface area contributed by atoms with Crippen molar-refractivity contribution in [2.24, 2.45) is 4.99 Å². The van der Waals surface area contributed by atoms with Gasteiger partial charge in [-0.25, -0.2) is 8.42 Å². The first-order chi connectivity index (χ1) is 13.4. The van der Waals surface area contributed by atoms with Crippen LogP contribution < -0.4 is 9.64 Å². The number of hydrogen-bond acceptors (Lipinski definition) is 6. The van der Waals surface area contributed by atoms with E-state index in [1.54, 1.807) is 18.9 Å². The zero-order valence-electron chi connectivity index (χ0n) is 15.4. The van der Waals surface area contributed by atoms with Gasteiger partial charge in [-0.05, 0) is 42.3 Å². The fraction of sp³-hybridized carbons (Fsp3) is 0.350. The van der Waals surface area contributed by atoms with Crippen LogP contribution >= 0.6 is 23.4 Å². The molecule has 4 rings (SSSR count). The Morgan fingerprint density at radius 1 is 1.21 bits per heavy atom. The summed E-state index contributed by atoms with van der Waals surface area (Å²) in [6.45, 7) is 0. The molecular formula is C20H21ClN2O3S2. The van der Waals surface area contributed by atoms with Gasteiger partial charge in [-0.15, -0.1) is 0 Å². The summed E-state index contributed by atoms with van der Waals surface area (Å²) in [7, 11) is -1.40. The van der Waals surface area contributed by atoms with Crippen LogP contribution in [0.15, 0.2) is 53.5 Å². The molecule has 0 radical (unpaired) electrons. The van der Waals surface area contributed by atoms with Gasteiger partial charge in [0, 0.05) is 16.5 Å². The predicted octanol–water partition coefficient (Wildman–Crippen LogP) is 3.67. The minimum atomic E-state index is -3.05. The number of aryl methyl sites for hydroxylation is 1. The highest BCUT2D eigenvalue weighted by Crippen LogP contribution is 2.36. The van der Waals surface area contributed by atoms with Gasteiger partial charge in [-0.3, -0.25) is 4.99 Å². The lowest BCUT2D eigenvalue weighted by Crippen LogP contribution is -2.39. The summed E-state index contributed by atoms with van der Waals surface area (Å²) < 4.78 is 29.4. The maximum Gasteiger partial charge on any atom is 0.164 e. The minimum absolute atomic E-state index is 0.122. The van der Waals surface area contributed by atoms with E-state index in [1.165, 1.54) is 5.56 Å². The monoisotopic (exact) mass is 436 g/mol. The molecule has 1 fully saturated rings. The van der Waals surface area contributed by atoms with Crippen LogP contribution in [0.1, 0.15) is 5.56 Å². The van der Waals surface area contributed by atoms with Gasteiger partial charge < -0.3 is 9.64 Å². The molecule has 2 aliphatic rings. The van der Waals surface area contributed by atoms with Crippen LogP contribution in [0, 0.1) is 0 Å². The first-order valence-electron chi connectivity index (χ1n) is 9.04. The molecule has 8 heteroatoms. The largest absolute Gasteiger partial charge is 0.497 e. The van der Waals surface area contributed by atoms with Crippen LogP contribution in [0.2, 0.25) is 5.02 Å². The molecule has 0 amide bonds. The Labute approximate surface area is 174 Å². The molecule has 28 heavy (non-hydrogen) atoms. The average Bonchev–Trinajstić information content (AvgIpc) is 3.13. The smallest absolute Gasteiger partial charge is 0.164 e. The van der Waals surface area contributed by atoms with Crippen molar-refractivity contribution in [2.75, 3.05) is 29.3 Å². The summed E-state index contributed by atoms with van der Waals surface area (Å²) in [5.41, 5.74) is 2.12. The molecule has 0 N–H and O–H groups in total. The fourth-order valence-electron chi connectivity index (χ4n) is 3.61. The zero-order valence-corrected chi connectivity index (χ0v) is 17.8. The van der Waals surface area contributed by atoms with Crippen LogP contribution in [-0.2, 0) is 16.3 Å². The van der Waals surface area contributed by atoms with Crippen molar-refractivity contribution < 1.29 is 13.2 Å². The molecule has 2 atom stereocenters. The molecule has 1 saturated heterocycles. The lowest BCUT2D eigenvalue weighted by molar-refractivity contribution is 0.414. The molecule has 0 saturated carbocycles. The SMILES string of the molecule is COc1ccc(CCSC2=N[C@@H]3CS(=O)(=O)C[C@@H]3N2c2cccc(Cl)c2)cc1. The number of thioether (sulfide) groups is 1. The molecule has 0 spiro atoms. The Morgan fingerprint density at radius 2 is 2.00 bits per heavy atom. The molecule has 0 aromatic heterocycles. The summed E-state index contributed by atoms with van der Waals surface area (Å²) in [6, 6.07) is 15.2. The third-order valence-electron chi connectivity index (χ3n) is 4.97. The molecule has 2 aliphatic heterocycles. The Hall–Kier alpha value is -1.70. The number of methoxy groups -OCH3 is 1. The Morgan fingerprint density at radius 3 is 2.71 bits per heavy atom. The highest BCUT2D eigenvalue weighted by atomic mass is 35.5. The third kappa shape index (κ3) is 4.16. The molecule has 2 heterocycles. The Bertz CT molecular complexity index is 993. The van der Waals surface area contributed by atoms with Gasteiger partial charge in [-0.1, -0.05) is 41.6 Å². The number of fused-ring (bicyclic) bond motifs is 1. The second-order valence-electron chi connectivity index (χ2n) is 6.92. The van der Waals surface area contributed by atoms with Crippen LogP contribution in [0.4, 0.5) is 5.69 Å². The van der Waals surface area contributed by atoms with Gasteiger partial charge in [0.15, 0.2) is 15.0 Å². The van der Waals surface area contributed by atoms with Crippen molar-refractivity contribution in [3.63, 3.8) is 0 Å². The van der Waals surface area contributed by atoms with E-state index in [0.29, 0.717) is 5.02 Å². The van der Waals surface area contributed by atoms with Crippen LogP contribution in [-0.4, -0.2) is 50.0 Å². The molecule has 148 valence electrons. The summed E-state index contributed by atoms with van der Waals surface area (Å²) >= 11 is 7.84. The Kier molecular flexibility index (Phi) is 5.58. The number of halogens is 1. The topological polar surface area (TPSA) is 59.0 Å². The Balaban J connectivity index is 1.50. The molecule has 0 aliphatic carbocycles. The van der Waals surface area contributed by atoms with Gasteiger partial charge in [0.25, 0.3) is 0 Å². The maximum atomic E-state index is 12.1. The summed E-state index contributed by atoms with van der Waals surface area (Å²) in [5, 5.41) is 1.50. The summed E-state index contributed by atoms with van der Waals surface area (Å²) in [5.74, 6) is 1.96. The normalized spacial score (nSPS) is 22.8. The second-order valence-corrected chi connectivity index (χ2v) is 10.6. The average molecular weight is 437 g/mol. The second kappa shape index (κ2) is 7.97. The van der Waals surface area contributed by atoms with Crippen molar-refractivity contribution in [2.45, 2.75) is 18.5 Å². The van der Waals surface area contributed by atoms with Gasteiger partial charge >= 0.3 is 0 Å². The van der Waals surface area contributed by atoms with Crippen molar-refractivity contribution in [3.8, 4) is 5.75 Å². The van der Waals surface area contributed by atoms with E-state index < -0.39 is 9.84 Å². The summed E-state index contributed by atoms with van der Waals surface area (Å²) in [6.07, 6.45) is 0.894. The first kappa shape index (κ1) is 19.6. The standard InChI is InChI=1S/C20H21ClN2O3S2/c1-26-17-7-5-14(6-8-17)9-10-27-20-22-18-12-28(24,25)13-19(18)23(20)16-4-2-3-15(21)11-16/h2-8,11,18-19H,9-10,12-13H2,1H3/t18-,19+/m1/s1. The predicted molar refractivity (Wildman–Crippen MR) is 117 cm³/mol. The number of ether oxygens (including phenoxy) is 1. The highest BCUT2D eigenvalue weighted by molar-refractivity contribution is 8.14. The van der Waals surface area contributed by atoms with E-state index in [2.05, 4.69) is 17.0 Å². The number of aliphatic imine (C=N–C) groups is 1. The third-order valence-corrected chi connectivity index (χ3v) is 7.88. The molecule has 2 aromatic carbocycles. The van der Waals surface area contributed by atoms with E-state index in [4.69, 9.17) is 21.3 Å². The minimum Gasteiger partial charge on any atom is -0.497 e. The molecular weight excluding hydrogens is 416 g/mol. The lowest BCUT2D eigenvalue weighted by Gasteiger charge is -2.26. The van der Waals surface area contributed by atoms with E-state index in [-0.39, 0.29) is 23.6 Å². The van der Waals surface area contributed by atoms with Gasteiger partial charge in [-0.2, -0.15) is 0 Å². The zero-order chi connectivity index (χ0) is 19.7. The van der Waals surface area contributed by atoms with Gasteiger partial charge in [0.1, 0.15) is 5.75 Å². The number of rotatable bonds is 5. The van der Waals surface area contributed by atoms with Crippen molar-refractivity contribution >= 4 is 44.1 Å². The van der Waals surface area contributed by atoms with E-state index in [0.717, 1.165) is 28.8 Å². The van der Waals surface area contributed by atoms with Crippen LogP contribution in [0.3, 0.4) is 0 Å². The van der Waals surface area contributed by atoms with Gasteiger partial charge in [0.2, 0.25) is 0 Å². The number of sulfone groups is 1. The van der Waals surface area contributed by atoms with Crippen molar-refractivity contribution in [3.05, 3.63) is 59.1 Å². The number of benzene rings is 2. The van der Waals surface area contributed by atoms with E-state index in [1.807, 2.05) is 36.4 Å². The maximum absolute atomic E-state index is 12.1. The first-order valence-corrected chi connectivity index (χ1v) is 12.2. The summed E-state index contributed by atoms with van der Waals surface area (Å²) in [4.78, 5) is 6.81. The highest BCUT2D eigenvalue weighted by Gasteiger charge is 2.47. The number of nitrogens with zero attached hydrogens (tertiary/aromatic N) is 2. The van der Waals surface area contributed by atoms with Crippen LogP contribution in [0.5, 0.6) is 5.75 Å². The van der Waals surface area contributed by atoms with E-state index in [9.17, 15) is 8.42 Å². The fourth-order valence-corrected chi connectivity index (χ4v) is 6.75. The quantitative estimate of drug-likeness (QED) is 0.715. The molecule has 2 aromatic rings. The van der Waals surface area contributed by atoms with E-state index >= 15 is 0 Å². The van der Waals surface area contributed by atoms with Crippen LogP contribution in [0.25, 0.3) is 0 Å². The van der Waals surface area contributed by atoms with Gasteiger partial charge in [0.05, 0.1) is 30.7 Å². The molecule has 5 nitrogen and oxygen atoms in total. The number of amidine groups is 1. The number of hydrogen-bond donors (Lipinski definition) is 0.